The molecule has 2 aliphatic rings. The molecule has 152 valence electrons. The van der Waals surface area contributed by atoms with E-state index in [9.17, 15) is 14.4 Å². The van der Waals surface area contributed by atoms with Gasteiger partial charge in [0.2, 0.25) is 11.6 Å². The van der Waals surface area contributed by atoms with Gasteiger partial charge in [-0.1, -0.05) is 24.3 Å². The number of carbonyl (C=O) groups is 3. The summed E-state index contributed by atoms with van der Waals surface area (Å²) in [7, 11) is 1.37. The van der Waals surface area contributed by atoms with E-state index in [1.165, 1.54) is 7.11 Å². The van der Waals surface area contributed by atoms with Gasteiger partial charge in [-0.25, -0.2) is 0 Å². The van der Waals surface area contributed by atoms with Crippen molar-refractivity contribution in [1.82, 2.24) is 4.90 Å². The molecule has 1 atom stereocenters. The molecule has 0 fully saturated rings. The Morgan fingerprint density at radius 1 is 1.10 bits per heavy atom. The van der Waals surface area contributed by atoms with Crippen LogP contribution < -0.4 is 0 Å². The minimum absolute atomic E-state index is 0.312. The molecule has 1 aliphatic carbocycles. The lowest BCUT2D eigenvalue weighted by Crippen LogP contribution is -2.42. The van der Waals surface area contributed by atoms with Crippen molar-refractivity contribution in [2.45, 2.75) is 32.9 Å². The van der Waals surface area contributed by atoms with Crippen LogP contribution in [-0.4, -0.2) is 42.1 Å². The van der Waals surface area contributed by atoms with Crippen LogP contribution in [0.4, 0.5) is 0 Å². The van der Waals surface area contributed by atoms with Gasteiger partial charge in [-0.15, -0.1) is 0 Å². The van der Waals surface area contributed by atoms with Crippen molar-refractivity contribution in [1.29, 1.82) is 0 Å². The van der Waals surface area contributed by atoms with Crippen LogP contribution in [0.3, 0.4) is 0 Å². The second-order valence-corrected chi connectivity index (χ2v) is 7.94. The Kier molecular flexibility index (Phi) is 4.15. The normalized spacial score (nSPS) is 16.8. The van der Waals surface area contributed by atoms with Crippen molar-refractivity contribution in [2.75, 3.05) is 13.7 Å². The Morgan fingerprint density at radius 2 is 1.87 bits per heavy atom. The van der Waals surface area contributed by atoms with E-state index in [-0.39, 0.29) is 5.97 Å². The fourth-order valence-corrected chi connectivity index (χ4v) is 4.68. The van der Waals surface area contributed by atoms with Crippen LogP contribution in [0.2, 0.25) is 0 Å². The first-order valence-electron chi connectivity index (χ1n) is 10.0. The Labute approximate surface area is 173 Å². The molecule has 30 heavy (non-hydrogen) atoms. The van der Waals surface area contributed by atoms with E-state index in [0.717, 1.165) is 21.9 Å². The Balaban J connectivity index is 1.66. The second-order valence-electron chi connectivity index (χ2n) is 7.94. The van der Waals surface area contributed by atoms with Crippen LogP contribution in [-0.2, 0) is 22.5 Å². The number of Topliss-reactive ketones (excluding diaryl/α,β-unsaturated/α-hetero) is 2. The van der Waals surface area contributed by atoms with Gasteiger partial charge in [-0.05, 0) is 42.7 Å². The average molecular weight is 403 g/mol. The van der Waals surface area contributed by atoms with Gasteiger partial charge in [0.1, 0.15) is 17.6 Å². The molecule has 1 aromatic heterocycles. The molecule has 0 unspecified atom stereocenters. The molecule has 0 bridgehead atoms. The van der Waals surface area contributed by atoms with E-state index in [2.05, 4.69) is 0 Å². The van der Waals surface area contributed by atoms with Gasteiger partial charge in [0, 0.05) is 23.2 Å². The number of ketones is 2. The first-order valence-corrected chi connectivity index (χ1v) is 10.0. The summed E-state index contributed by atoms with van der Waals surface area (Å²) in [5.74, 6) is -0.197. The maximum Gasteiger partial charge on any atom is 0.322 e. The molecule has 6 nitrogen and oxygen atoms in total. The number of furan rings is 1. The molecule has 6 heteroatoms. The summed E-state index contributed by atoms with van der Waals surface area (Å²) in [6, 6.07) is 9.19. The first kappa shape index (κ1) is 18.8. The van der Waals surface area contributed by atoms with Gasteiger partial charge in [0.15, 0.2) is 0 Å². The molecule has 3 aromatic rings. The summed E-state index contributed by atoms with van der Waals surface area (Å²) in [4.78, 5) is 40.1. The number of rotatable bonds is 2. The Morgan fingerprint density at radius 3 is 2.63 bits per heavy atom. The highest BCUT2D eigenvalue weighted by molar-refractivity contribution is 6.54. The zero-order chi connectivity index (χ0) is 21.2. The van der Waals surface area contributed by atoms with E-state index >= 15 is 0 Å². The number of methoxy groups -OCH3 is 1. The number of fused-ring (bicyclic) bond motifs is 7. The highest BCUT2D eigenvalue weighted by atomic mass is 16.5. The van der Waals surface area contributed by atoms with Gasteiger partial charge in [-0.3, -0.25) is 19.3 Å². The largest absolute Gasteiger partial charge is 0.468 e. The number of carbonyl (C=O) groups excluding carboxylic acids is 3. The smallest absolute Gasteiger partial charge is 0.322 e. The van der Waals surface area contributed by atoms with Crippen molar-refractivity contribution >= 4 is 28.3 Å². The van der Waals surface area contributed by atoms with Crippen LogP contribution >= 0.6 is 0 Å². The van der Waals surface area contributed by atoms with Crippen molar-refractivity contribution in [3.05, 3.63) is 58.3 Å². The molecule has 2 heterocycles. The number of esters is 1. The number of benzene rings is 2. The molecule has 5 rings (SSSR count). The number of nitrogens with zero attached hydrogens (tertiary/aromatic N) is 1. The lowest BCUT2D eigenvalue weighted by molar-refractivity contribution is -0.146. The van der Waals surface area contributed by atoms with E-state index < -0.39 is 17.6 Å². The van der Waals surface area contributed by atoms with Gasteiger partial charge >= 0.3 is 5.97 Å². The highest BCUT2D eigenvalue weighted by Gasteiger charge is 2.40. The Hall–Kier alpha value is -3.25. The van der Waals surface area contributed by atoms with Crippen molar-refractivity contribution in [3.63, 3.8) is 0 Å². The fraction of sp³-hybridized carbons (Fsp3) is 0.292. The molecule has 2 aromatic carbocycles. The highest BCUT2D eigenvalue weighted by Crippen LogP contribution is 2.43. The van der Waals surface area contributed by atoms with Crippen molar-refractivity contribution < 1.29 is 23.5 Å². The number of aryl methyl sites for hydroxylation is 1. The molecule has 0 saturated heterocycles. The van der Waals surface area contributed by atoms with Crippen molar-refractivity contribution in [2.24, 2.45) is 0 Å². The van der Waals surface area contributed by atoms with Gasteiger partial charge < -0.3 is 9.15 Å². The third-order valence-electron chi connectivity index (χ3n) is 6.36. The summed E-state index contributed by atoms with van der Waals surface area (Å²) in [5.41, 5.74) is 3.30. The average Bonchev–Trinajstić information content (AvgIpc) is 3.15. The Bertz CT molecular complexity index is 1250. The third kappa shape index (κ3) is 2.50. The van der Waals surface area contributed by atoms with Crippen molar-refractivity contribution in [3.8, 4) is 11.3 Å². The topological polar surface area (TPSA) is 76.8 Å². The maximum absolute atomic E-state index is 13.1. The zero-order valence-electron chi connectivity index (χ0n) is 17.1. The lowest BCUT2D eigenvalue weighted by atomic mass is 9.82. The second kappa shape index (κ2) is 6.64. The van der Waals surface area contributed by atoms with Gasteiger partial charge in [0.05, 0.1) is 19.2 Å². The molecule has 0 N–H and O–H groups in total. The van der Waals surface area contributed by atoms with Gasteiger partial charge in [-0.2, -0.15) is 0 Å². The van der Waals surface area contributed by atoms with Crippen LogP contribution in [0.25, 0.3) is 22.1 Å². The van der Waals surface area contributed by atoms with E-state index in [1.54, 1.807) is 6.92 Å². The zero-order valence-corrected chi connectivity index (χ0v) is 17.1. The van der Waals surface area contributed by atoms with Crippen LogP contribution in [0.5, 0.6) is 0 Å². The summed E-state index contributed by atoms with van der Waals surface area (Å²) >= 11 is 0. The molecule has 0 saturated carbocycles. The lowest BCUT2D eigenvalue weighted by Gasteiger charge is -2.30. The van der Waals surface area contributed by atoms with E-state index in [0.29, 0.717) is 47.7 Å². The minimum Gasteiger partial charge on any atom is -0.468 e. The number of ether oxygens (including phenoxy) is 1. The SMILES string of the molecule is COC(=O)[C@H](C)N1CCc2c(oc3c2C(=O)C(=O)c2c-3ccc3c(C)cccc23)C1. The van der Waals surface area contributed by atoms with Crippen LogP contribution in [0.1, 0.15) is 44.5 Å². The summed E-state index contributed by atoms with van der Waals surface area (Å²) < 4.78 is 11.0. The summed E-state index contributed by atoms with van der Waals surface area (Å²) in [6.45, 7) is 4.75. The number of hydrogen-bond acceptors (Lipinski definition) is 6. The monoisotopic (exact) mass is 403 g/mol. The minimum atomic E-state index is -0.508. The van der Waals surface area contributed by atoms with Gasteiger partial charge in [0.25, 0.3) is 0 Å². The standard InChI is InChI=1S/C24H21NO5/c1-12-5-4-6-15-14(12)7-8-17-19(15)21(26)22(27)20-16-9-10-25(13(2)24(28)29-3)11-18(16)30-23(17)20/h4-8,13H,9-11H2,1-3H3/t13-/m0/s1. The molecule has 1 aliphatic heterocycles. The first-order chi connectivity index (χ1) is 14.4. The number of hydrogen-bond donors (Lipinski definition) is 0. The third-order valence-corrected chi connectivity index (χ3v) is 6.36. The van der Waals surface area contributed by atoms with E-state index in [1.807, 2.05) is 42.2 Å². The fourth-order valence-electron chi connectivity index (χ4n) is 4.68. The predicted molar refractivity (Wildman–Crippen MR) is 111 cm³/mol. The molecule has 0 spiro atoms. The summed E-state index contributed by atoms with van der Waals surface area (Å²) in [5, 5.41) is 1.72. The maximum atomic E-state index is 13.1. The molecule has 0 amide bonds. The van der Waals surface area contributed by atoms with Crippen LogP contribution in [0.15, 0.2) is 34.7 Å². The van der Waals surface area contributed by atoms with E-state index in [4.69, 9.17) is 9.15 Å². The quantitative estimate of drug-likeness (QED) is 0.480. The molecular formula is C24H21NO5. The molecular weight excluding hydrogens is 382 g/mol. The predicted octanol–water partition coefficient (Wildman–Crippen LogP) is 3.71. The summed E-state index contributed by atoms with van der Waals surface area (Å²) in [6.07, 6.45) is 0.538. The van der Waals surface area contributed by atoms with Crippen LogP contribution in [0, 0.1) is 6.92 Å². The molecule has 0 radical (unpaired) electrons.